The van der Waals surface area contributed by atoms with Crippen LogP contribution in [0.1, 0.15) is 25.0 Å². The second kappa shape index (κ2) is 4.86. The lowest BCUT2D eigenvalue weighted by atomic mass is 9.95. The molecule has 0 N–H and O–H groups in total. The van der Waals surface area contributed by atoms with E-state index >= 15 is 0 Å². The van der Waals surface area contributed by atoms with Crippen LogP contribution in [0.15, 0.2) is 24.8 Å². The molecule has 75 valence electrons. The van der Waals surface area contributed by atoms with E-state index in [1.54, 1.807) is 0 Å². The number of halogens is 2. The lowest BCUT2D eigenvalue weighted by Crippen LogP contribution is -1.97. The quantitative estimate of drug-likeness (QED) is 0.658. The van der Waals surface area contributed by atoms with Gasteiger partial charge in [-0.2, -0.15) is 0 Å². The fourth-order valence-electron chi connectivity index (χ4n) is 1.40. The first-order chi connectivity index (χ1) is 6.57. The van der Waals surface area contributed by atoms with E-state index in [9.17, 15) is 0 Å². The minimum atomic E-state index is 0.605. The first kappa shape index (κ1) is 11.6. The Balaban J connectivity index is 3.29. The molecular weight excluding hydrogens is 215 g/mol. The zero-order chi connectivity index (χ0) is 10.7. The van der Waals surface area contributed by atoms with E-state index in [1.807, 2.05) is 18.2 Å². The summed E-state index contributed by atoms with van der Waals surface area (Å²) >= 11 is 12.1. The molecule has 0 saturated heterocycles. The van der Waals surface area contributed by atoms with Crippen molar-refractivity contribution in [3.05, 3.63) is 51.9 Å². The van der Waals surface area contributed by atoms with Gasteiger partial charge in [0.1, 0.15) is 0 Å². The third-order valence-corrected chi connectivity index (χ3v) is 2.93. The number of hydrogen-bond donors (Lipinski definition) is 0. The highest BCUT2D eigenvalue weighted by Crippen LogP contribution is 2.32. The van der Waals surface area contributed by atoms with Gasteiger partial charge in [-0.3, -0.25) is 0 Å². The summed E-state index contributed by atoms with van der Waals surface area (Å²) in [7, 11) is 0. The van der Waals surface area contributed by atoms with Crippen LogP contribution in [0, 0.1) is 5.92 Å². The fraction of sp³-hybridized carbons (Fsp3) is 0.250. The standard InChI is InChI=1S/C12H13Cl2/c1-4-5-10-9(8(2)3)6-7-11(13)12(10)14/h4,6-7H,1,5H2,2-3H3. The summed E-state index contributed by atoms with van der Waals surface area (Å²) < 4.78 is 0. The van der Waals surface area contributed by atoms with Crippen molar-refractivity contribution in [2.24, 2.45) is 0 Å². The van der Waals surface area contributed by atoms with Crippen molar-refractivity contribution >= 4 is 23.2 Å². The largest absolute Gasteiger partial charge is 0.103 e. The van der Waals surface area contributed by atoms with Gasteiger partial charge in [-0.25, -0.2) is 0 Å². The van der Waals surface area contributed by atoms with Gasteiger partial charge < -0.3 is 0 Å². The molecule has 0 spiro atoms. The SMILES string of the molecule is C=CCc1c([C](C)C)ccc(Cl)c1Cl. The van der Waals surface area contributed by atoms with Crippen LogP contribution in [0.3, 0.4) is 0 Å². The van der Waals surface area contributed by atoms with Gasteiger partial charge in [0, 0.05) is 0 Å². The summed E-state index contributed by atoms with van der Waals surface area (Å²) in [5.41, 5.74) is 2.23. The number of rotatable bonds is 3. The van der Waals surface area contributed by atoms with Crippen molar-refractivity contribution in [1.29, 1.82) is 0 Å². The molecular formula is C12H13Cl2. The predicted octanol–water partition coefficient (Wildman–Crippen LogP) is 4.68. The third-order valence-electron chi connectivity index (χ3n) is 2.08. The Bertz CT molecular complexity index is 340. The average molecular weight is 228 g/mol. The van der Waals surface area contributed by atoms with Crippen molar-refractivity contribution in [3.8, 4) is 0 Å². The molecule has 0 heterocycles. The van der Waals surface area contributed by atoms with Gasteiger partial charge in [0.2, 0.25) is 0 Å². The van der Waals surface area contributed by atoms with Crippen LogP contribution < -0.4 is 0 Å². The Morgan fingerprint density at radius 2 is 2.00 bits per heavy atom. The summed E-state index contributed by atoms with van der Waals surface area (Å²) in [6, 6.07) is 3.83. The van der Waals surface area contributed by atoms with Crippen LogP contribution >= 0.6 is 23.2 Å². The van der Waals surface area contributed by atoms with Crippen LogP contribution in [0.25, 0.3) is 0 Å². The Morgan fingerprint density at radius 1 is 1.36 bits per heavy atom. The van der Waals surface area contributed by atoms with Crippen molar-refractivity contribution in [1.82, 2.24) is 0 Å². The van der Waals surface area contributed by atoms with Gasteiger partial charge in [0.15, 0.2) is 0 Å². The van der Waals surface area contributed by atoms with Gasteiger partial charge >= 0.3 is 0 Å². The third kappa shape index (κ3) is 2.31. The van der Waals surface area contributed by atoms with E-state index in [1.165, 1.54) is 11.5 Å². The van der Waals surface area contributed by atoms with E-state index in [4.69, 9.17) is 23.2 Å². The molecule has 0 saturated carbocycles. The van der Waals surface area contributed by atoms with Crippen LogP contribution in [-0.2, 0) is 6.42 Å². The Morgan fingerprint density at radius 3 is 2.50 bits per heavy atom. The molecule has 0 aliphatic heterocycles. The van der Waals surface area contributed by atoms with Crippen LogP contribution in [-0.4, -0.2) is 0 Å². The molecule has 14 heavy (non-hydrogen) atoms. The second-order valence-electron chi connectivity index (χ2n) is 3.38. The van der Waals surface area contributed by atoms with Gasteiger partial charge in [-0.15, -0.1) is 6.58 Å². The first-order valence-electron chi connectivity index (χ1n) is 4.46. The van der Waals surface area contributed by atoms with Crippen LogP contribution in [0.4, 0.5) is 0 Å². The number of allylic oxidation sites excluding steroid dienone is 1. The maximum absolute atomic E-state index is 6.13. The molecule has 0 aromatic heterocycles. The number of benzene rings is 1. The molecule has 0 fully saturated rings. The maximum atomic E-state index is 6.13. The van der Waals surface area contributed by atoms with Crippen molar-refractivity contribution in [2.75, 3.05) is 0 Å². The molecule has 1 aromatic rings. The molecule has 0 unspecified atom stereocenters. The first-order valence-corrected chi connectivity index (χ1v) is 5.21. The van der Waals surface area contributed by atoms with Gasteiger partial charge in [0.05, 0.1) is 10.0 Å². The fourth-order valence-corrected chi connectivity index (χ4v) is 1.82. The molecule has 1 aromatic carbocycles. The van der Waals surface area contributed by atoms with E-state index in [0.717, 1.165) is 12.0 Å². The topological polar surface area (TPSA) is 0 Å². The zero-order valence-corrected chi connectivity index (χ0v) is 9.91. The zero-order valence-electron chi connectivity index (χ0n) is 8.40. The van der Waals surface area contributed by atoms with Gasteiger partial charge in [-0.1, -0.05) is 49.2 Å². The smallest absolute Gasteiger partial charge is 0.0630 e. The monoisotopic (exact) mass is 227 g/mol. The highest BCUT2D eigenvalue weighted by atomic mass is 35.5. The molecule has 2 heteroatoms. The summed E-state index contributed by atoms with van der Waals surface area (Å²) in [5, 5.41) is 1.25. The predicted molar refractivity (Wildman–Crippen MR) is 64.1 cm³/mol. The highest BCUT2D eigenvalue weighted by Gasteiger charge is 2.11. The number of hydrogen-bond acceptors (Lipinski definition) is 0. The summed E-state index contributed by atoms with van der Waals surface area (Å²) in [6.45, 7) is 7.84. The van der Waals surface area contributed by atoms with Gasteiger partial charge in [-0.05, 0) is 29.5 Å². The lowest BCUT2D eigenvalue weighted by molar-refractivity contribution is 1.09. The lowest BCUT2D eigenvalue weighted by Gasteiger charge is -2.13. The molecule has 1 rings (SSSR count). The minimum absolute atomic E-state index is 0.605. The van der Waals surface area contributed by atoms with E-state index < -0.39 is 0 Å². The van der Waals surface area contributed by atoms with E-state index in [0.29, 0.717) is 10.0 Å². The minimum Gasteiger partial charge on any atom is -0.103 e. The average Bonchev–Trinajstić information content (AvgIpc) is 2.13. The second-order valence-corrected chi connectivity index (χ2v) is 4.17. The summed E-state index contributed by atoms with van der Waals surface area (Å²) in [4.78, 5) is 0. The van der Waals surface area contributed by atoms with Gasteiger partial charge in [0.25, 0.3) is 0 Å². The molecule has 1 radical (unpaired) electrons. The summed E-state index contributed by atoms with van der Waals surface area (Å²) in [5.74, 6) is 1.24. The van der Waals surface area contributed by atoms with Crippen LogP contribution in [0.5, 0.6) is 0 Å². The Hall–Kier alpha value is -0.460. The van der Waals surface area contributed by atoms with Crippen LogP contribution in [0.2, 0.25) is 10.0 Å². The molecule has 0 aliphatic rings. The normalized spacial score (nSPS) is 10.6. The Kier molecular flexibility index (Phi) is 4.03. The molecule has 0 bridgehead atoms. The molecule has 0 atom stereocenters. The van der Waals surface area contributed by atoms with Crippen molar-refractivity contribution in [3.63, 3.8) is 0 Å². The van der Waals surface area contributed by atoms with Crippen molar-refractivity contribution in [2.45, 2.75) is 20.3 Å². The van der Waals surface area contributed by atoms with Crippen molar-refractivity contribution < 1.29 is 0 Å². The molecule has 0 amide bonds. The molecule has 0 aliphatic carbocycles. The highest BCUT2D eigenvalue weighted by molar-refractivity contribution is 6.42. The summed E-state index contributed by atoms with van der Waals surface area (Å²) in [6.07, 6.45) is 2.59. The molecule has 0 nitrogen and oxygen atoms in total. The maximum Gasteiger partial charge on any atom is 0.0630 e. The Labute approximate surface area is 95.5 Å². The van der Waals surface area contributed by atoms with E-state index in [2.05, 4.69) is 20.4 Å². The van der Waals surface area contributed by atoms with E-state index in [-0.39, 0.29) is 0 Å².